The summed E-state index contributed by atoms with van der Waals surface area (Å²) in [5, 5.41) is 3.43. The third-order valence-corrected chi connectivity index (χ3v) is 3.34. The van der Waals surface area contributed by atoms with E-state index in [2.05, 4.69) is 20.3 Å². The van der Waals surface area contributed by atoms with Crippen molar-refractivity contribution in [2.75, 3.05) is 12.4 Å². The van der Waals surface area contributed by atoms with Gasteiger partial charge in [0.1, 0.15) is 5.75 Å². The molecular weight excluding hydrogens is 290 g/mol. The molecule has 0 fully saturated rings. The summed E-state index contributed by atoms with van der Waals surface area (Å²) in [7, 11) is 3.51. The van der Waals surface area contributed by atoms with Gasteiger partial charge in [-0.1, -0.05) is 18.2 Å². The Morgan fingerprint density at radius 3 is 2.90 bits per heavy atom. The van der Waals surface area contributed by atoms with E-state index in [0.717, 1.165) is 11.3 Å². The fourth-order valence-electron chi connectivity index (χ4n) is 2.13. The minimum absolute atomic E-state index is 0.189. The van der Waals surface area contributed by atoms with Crippen molar-refractivity contribution in [3.8, 4) is 5.75 Å². The molecule has 0 saturated carbocycles. The van der Waals surface area contributed by atoms with Crippen LogP contribution >= 0.6 is 11.6 Å². The van der Waals surface area contributed by atoms with Crippen LogP contribution in [0.4, 0.5) is 5.82 Å². The quantitative estimate of drug-likeness (QED) is 0.751. The lowest BCUT2D eigenvalue weighted by molar-refractivity contribution is 0.410. The number of halogens is 1. The van der Waals surface area contributed by atoms with Crippen molar-refractivity contribution in [3.63, 3.8) is 0 Å². The summed E-state index contributed by atoms with van der Waals surface area (Å²) in [6.07, 6.45) is 1.68. The van der Waals surface area contributed by atoms with Crippen molar-refractivity contribution in [3.05, 3.63) is 41.4 Å². The van der Waals surface area contributed by atoms with Gasteiger partial charge < -0.3 is 14.6 Å². The number of hydrogen-bond acceptors (Lipinski definition) is 5. The molecule has 21 heavy (non-hydrogen) atoms. The molecule has 0 radical (unpaired) electrons. The van der Waals surface area contributed by atoms with E-state index in [-0.39, 0.29) is 5.28 Å². The van der Waals surface area contributed by atoms with E-state index in [1.807, 2.05) is 31.3 Å². The van der Waals surface area contributed by atoms with E-state index in [9.17, 15) is 0 Å². The first-order chi connectivity index (χ1) is 10.2. The van der Waals surface area contributed by atoms with Gasteiger partial charge in [0.25, 0.3) is 0 Å². The number of hydrogen-bond donors (Lipinski definition) is 1. The van der Waals surface area contributed by atoms with E-state index in [4.69, 9.17) is 16.3 Å². The van der Waals surface area contributed by atoms with Gasteiger partial charge in [-0.3, -0.25) is 0 Å². The normalized spacial score (nSPS) is 10.8. The number of para-hydroxylation sites is 1. The minimum Gasteiger partial charge on any atom is -0.496 e. The molecule has 6 nitrogen and oxygen atoms in total. The Kier molecular flexibility index (Phi) is 3.62. The van der Waals surface area contributed by atoms with Crippen molar-refractivity contribution in [2.24, 2.45) is 7.05 Å². The number of aromatic nitrogens is 4. The van der Waals surface area contributed by atoms with Gasteiger partial charge >= 0.3 is 0 Å². The smallest absolute Gasteiger partial charge is 0.226 e. The Hall–Kier alpha value is -2.34. The summed E-state index contributed by atoms with van der Waals surface area (Å²) in [5.41, 5.74) is 2.41. The number of nitrogens with zero attached hydrogens (tertiary/aromatic N) is 4. The highest BCUT2D eigenvalue weighted by molar-refractivity contribution is 6.28. The molecule has 0 spiro atoms. The van der Waals surface area contributed by atoms with Crippen molar-refractivity contribution < 1.29 is 4.74 Å². The number of methoxy groups -OCH3 is 1. The molecule has 1 N–H and O–H groups in total. The number of nitrogens with one attached hydrogen (secondary N) is 1. The molecular formula is C14H14ClN5O. The molecule has 2 aromatic heterocycles. The zero-order chi connectivity index (χ0) is 14.8. The van der Waals surface area contributed by atoms with E-state index in [1.165, 1.54) is 0 Å². The first kappa shape index (κ1) is 13.6. The Morgan fingerprint density at radius 1 is 1.29 bits per heavy atom. The zero-order valence-corrected chi connectivity index (χ0v) is 12.4. The minimum atomic E-state index is 0.189. The molecule has 0 unspecified atom stereocenters. The summed E-state index contributed by atoms with van der Waals surface area (Å²) in [6.45, 7) is 0.559. The highest BCUT2D eigenvalue weighted by Crippen LogP contribution is 2.23. The maximum atomic E-state index is 5.96. The lowest BCUT2D eigenvalue weighted by Crippen LogP contribution is -2.05. The number of imidazole rings is 1. The monoisotopic (exact) mass is 303 g/mol. The lowest BCUT2D eigenvalue weighted by atomic mass is 10.2. The molecule has 3 aromatic rings. The number of ether oxygens (including phenoxy) is 1. The highest BCUT2D eigenvalue weighted by Gasteiger charge is 2.11. The summed E-state index contributed by atoms with van der Waals surface area (Å²) in [4.78, 5) is 12.7. The summed E-state index contributed by atoms with van der Waals surface area (Å²) in [5.74, 6) is 1.43. The maximum absolute atomic E-state index is 5.96. The molecule has 0 atom stereocenters. The van der Waals surface area contributed by atoms with Gasteiger partial charge in [0.2, 0.25) is 5.28 Å². The van der Waals surface area contributed by atoms with Crippen molar-refractivity contribution in [1.29, 1.82) is 0 Å². The van der Waals surface area contributed by atoms with Gasteiger partial charge in [0, 0.05) is 19.2 Å². The fourth-order valence-corrected chi connectivity index (χ4v) is 2.30. The molecule has 0 aliphatic rings. The van der Waals surface area contributed by atoms with Gasteiger partial charge in [-0.05, 0) is 17.7 Å². The molecule has 0 amide bonds. The number of anilines is 1. The summed E-state index contributed by atoms with van der Waals surface area (Å²) < 4.78 is 7.13. The van der Waals surface area contributed by atoms with Crippen LogP contribution in [-0.4, -0.2) is 26.6 Å². The predicted octanol–water partition coefficient (Wildman–Crippen LogP) is 2.64. The van der Waals surface area contributed by atoms with Crippen LogP contribution in [0.15, 0.2) is 30.6 Å². The third-order valence-electron chi connectivity index (χ3n) is 3.17. The van der Waals surface area contributed by atoms with Crippen LogP contribution in [0.1, 0.15) is 5.56 Å². The second-order valence-electron chi connectivity index (χ2n) is 4.53. The molecule has 7 heteroatoms. The average molecular weight is 304 g/mol. The Labute approximate surface area is 126 Å². The average Bonchev–Trinajstić information content (AvgIpc) is 2.86. The number of aryl methyl sites for hydroxylation is 1. The van der Waals surface area contributed by atoms with Crippen molar-refractivity contribution in [1.82, 2.24) is 19.5 Å². The van der Waals surface area contributed by atoms with Crippen molar-refractivity contribution in [2.45, 2.75) is 6.54 Å². The molecule has 0 aliphatic heterocycles. The molecule has 3 rings (SSSR count). The molecule has 0 aliphatic carbocycles. The van der Waals surface area contributed by atoms with Crippen LogP contribution in [0, 0.1) is 0 Å². The van der Waals surface area contributed by atoms with Gasteiger partial charge in [-0.25, -0.2) is 4.98 Å². The summed E-state index contributed by atoms with van der Waals surface area (Å²) >= 11 is 5.96. The van der Waals surface area contributed by atoms with Gasteiger partial charge in [0.15, 0.2) is 17.0 Å². The first-order valence-corrected chi connectivity index (χ1v) is 6.77. The van der Waals surface area contributed by atoms with E-state index in [0.29, 0.717) is 23.5 Å². The molecule has 2 heterocycles. The Balaban J connectivity index is 1.92. The van der Waals surface area contributed by atoms with Gasteiger partial charge in [0.05, 0.1) is 13.4 Å². The lowest BCUT2D eigenvalue weighted by Gasteiger charge is -2.10. The van der Waals surface area contributed by atoms with Crippen LogP contribution in [0.3, 0.4) is 0 Å². The number of fused-ring (bicyclic) bond motifs is 1. The van der Waals surface area contributed by atoms with Crippen molar-refractivity contribution >= 4 is 28.6 Å². The number of benzene rings is 1. The predicted molar refractivity (Wildman–Crippen MR) is 81.6 cm³/mol. The van der Waals surface area contributed by atoms with Gasteiger partial charge in [-0.15, -0.1) is 0 Å². The first-order valence-electron chi connectivity index (χ1n) is 6.39. The van der Waals surface area contributed by atoms with Crippen LogP contribution in [0.5, 0.6) is 5.75 Å². The maximum Gasteiger partial charge on any atom is 0.226 e. The van der Waals surface area contributed by atoms with E-state index in [1.54, 1.807) is 18.0 Å². The van der Waals surface area contributed by atoms with E-state index >= 15 is 0 Å². The van der Waals surface area contributed by atoms with Crippen LogP contribution in [0.2, 0.25) is 5.28 Å². The molecule has 0 saturated heterocycles. The van der Waals surface area contributed by atoms with Crippen LogP contribution in [-0.2, 0) is 13.6 Å². The third kappa shape index (κ3) is 2.62. The van der Waals surface area contributed by atoms with Gasteiger partial charge in [-0.2, -0.15) is 9.97 Å². The standard InChI is InChI=1S/C14H14ClN5O/c1-20-8-17-11-12(18-14(15)19-13(11)20)16-7-9-5-3-4-6-10(9)21-2/h3-6,8H,7H2,1-2H3,(H,16,18,19). The van der Waals surface area contributed by atoms with Crippen LogP contribution < -0.4 is 10.1 Å². The number of rotatable bonds is 4. The molecule has 0 bridgehead atoms. The zero-order valence-electron chi connectivity index (χ0n) is 11.7. The second-order valence-corrected chi connectivity index (χ2v) is 4.87. The second kappa shape index (κ2) is 5.57. The van der Waals surface area contributed by atoms with Crippen LogP contribution in [0.25, 0.3) is 11.2 Å². The SMILES string of the molecule is COc1ccccc1CNc1nc(Cl)nc2c1ncn2C. The fraction of sp³-hybridized carbons (Fsp3) is 0.214. The topological polar surface area (TPSA) is 64.9 Å². The Morgan fingerprint density at radius 2 is 2.10 bits per heavy atom. The highest BCUT2D eigenvalue weighted by atomic mass is 35.5. The largest absolute Gasteiger partial charge is 0.496 e. The van der Waals surface area contributed by atoms with E-state index < -0.39 is 0 Å². The molecule has 1 aromatic carbocycles. The summed E-state index contributed by atoms with van der Waals surface area (Å²) in [6, 6.07) is 7.80. The molecule has 108 valence electrons. The Bertz CT molecular complexity index is 786.